The van der Waals surface area contributed by atoms with Crippen LogP contribution in [0.4, 0.5) is 6.01 Å². The molecule has 0 radical (unpaired) electrons. The molecule has 21 heavy (non-hydrogen) atoms. The van der Waals surface area contributed by atoms with Crippen LogP contribution in [0.3, 0.4) is 0 Å². The van der Waals surface area contributed by atoms with Gasteiger partial charge in [0, 0.05) is 12.5 Å². The van der Waals surface area contributed by atoms with Gasteiger partial charge in [0.15, 0.2) is 0 Å². The Morgan fingerprint density at radius 2 is 2.00 bits per heavy atom. The molecule has 8 nitrogen and oxygen atoms in total. The largest absolute Gasteiger partial charge is 0.469 e. The second-order valence-corrected chi connectivity index (χ2v) is 5.27. The summed E-state index contributed by atoms with van der Waals surface area (Å²) >= 11 is 0. The van der Waals surface area contributed by atoms with Crippen molar-refractivity contribution in [2.24, 2.45) is 5.92 Å². The normalized spacial score (nSPS) is 12.5. The highest BCUT2D eigenvalue weighted by molar-refractivity contribution is 5.90. The molecule has 0 aliphatic rings. The van der Waals surface area contributed by atoms with Crippen molar-refractivity contribution in [3.05, 3.63) is 5.89 Å². The predicted octanol–water partition coefficient (Wildman–Crippen LogP) is 0.872. The number of aromatic nitrogens is 2. The van der Waals surface area contributed by atoms with E-state index in [9.17, 15) is 9.59 Å². The molecular weight excluding hydrogens is 276 g/mol. The number of hydrogen-bond donors (Lipinski definition) is 1. The van der Waals surface area contributed by atoms with Gasteiger partial charge in [-0.15, -0.1) is 5.10 Å². The van der Waals surface area contributed by atoms with Crippen LogP contribution in [0.15, 0.2) is 4.42 Å². The number of ether oxygens (including phenoxy) is 1. The number of likely N-dealkylation sites (N-methyl/N-ethyl adjacent to an activating group) is 1. The number of nitrogens with one attached hydrogen (secondary N) is 1. The summed E-state index contributed by atoms with van der Waals surface area (Å²) in [4.78, 5) is 24.9. The third kappa shape index (κ3) is 5.50. The summed E-state index contributed by atoms with van der Waals surface area (Å²) in [5.41, 5.74) is 0. The summed E-state index contributed by atoms with van der Waals surface area (Å²) in [5.74, 6) is -0.317. The van der Waals surface area contributed by atoms with Gasteiger partial charge in [-0.25, -0.2) is 0 Å². The molecule has 0 aliphatic carbocycles. The van der Waals surface area contributed by atoms with Crippen LogP contribution in [0.5, 0.6) is 0 Å². The third-order valence-electron chi connectivity index (χ3n) is 2.78. The van der Waals surface area contributed by atoms with E-state index in [1.54, 1.807) is 18.9 Å². The lowest BCUT2D eigenvalue weighted by atomic mass is 10.2. The lowest BCUT2D eigenvalue weighted by molar-refractivity contribution is -0.145. The number of anilines is 1. The molecular formula is C13H22N4O4. The van der Waals surface area contributed by atoms with Gasteiger partial charge < -0.3 is 9.15 Å². The van der Waals surface area contributed by atoms with E-state index in [1.807, 2.05) is 13.8 Å². The average molecular weight is 298 g/mol. The minimum absolute atomic E-state index is 0.0816. The summed E-state index contributed by atoms with van der Waals surface area (Å²) in [6, 6.07) is 0.0816. The molecule has 0 saturated carbocycles. The van der Waals surface area contributed by atoms with Crippen molar-refractivity contribution in [1.29, 1.82) is 0 Å². The Labute approximate surface area is 123 Å². The predicted molar refractivity (Wildman–Crippen MR) is 75.7 cm³/mol. The topological polar surface area (TPSA) is 97.6 Å². The SMILES string of the molecule is COC(=O)C(C)CN(C)CC(=O)Nc1nnc(C(C)C)o1. The maximum absolute atomic E-state index is 11.8. The third-order valence-corrected chi connectivity index (χ3v) is 2.78. The Bertz CT molecular complexity index is 486. The molecule has 1 atom stereocenters. The van der Waals surface area contributed by atoms with E-state index in [2.05, 4.69) is 20.3 Å². The minimum Gasteiger partial charge on any atom is -0.469 e. The molecule has 0 aliphatic heterocycles. The van der Waals surface area contributed by atoms with Gasteiger partial charge in [-0.3, -0.25) is 19.8 Å². The lowest BCUT2D eigenvalue weighted by Gasteiger charge is -2.18. The Morgan fingerprint density at radius 3 is 2.52 bits per heavy atom. The highest BCUT2D eigenvalue weighted by Crippen LogP contribution is 2.14. The second-order valence-electron chi connectivity index (χ2n) is 5.27. The molecule has 0 spiro atoms. The maximum atomic E-state index is 11.8. The van der Waals surface area contributed by atoms with Crippen LogP contribution in [-0.2, 0) is 14.3 Å². The van der Waals surface area contributed by atoms with Gasteiger partial charge in [0.25, 0.3) is 0 Å². The van der Waals surface area contributed by atoms with Crippen LogP contribution >= 0.6 is 0 Å². The standard InChI is InChI=1S/C13H22N4O4/c1-8(2)11-15-16-13(21-11)14-10(18)7-17(4)6-9(3)12(19)20-5/h8-9H,6-7H2,1-5H3,(H,14,16,18). The summed E-state index contributed by atoms with van der Waals surface area (Å²) in [7, 11) is 3.08. The summed E-state index contributed by atoms with van der Waals surface area (Å²) in [5, 5.41) is 10.1. The zero-order chi connectivity index (χ0) is 16.0. The molecule has 1 unspecified atom stereocenters. The number of nitrogens with zero attached hydrogens (tertiary/aromatic N) is 3. The van der Waals surface area contributed by atoms with Crippen molar-refractivity contribution in [2.75, 3.05) is 32.6 Å². The fraction of sp³-hybridized carbons (Fsp3) is 0.692. The zero-order valence-electron chi connectivity index (χ0n) is 13.0. The Morgan fingerprint density at radius 1 is 1.33 bits per heavy atom. The lowest BCUT2D eigenvalue weighted by Crippen LogP contribution is -2.35. The number of carbonyl (C=O) groups excluding carboxylic acids is 2. The van der Waals surface area contributed by atoms with E-state index in [0.717, 1.165) is 0 Å². The molecule has 1 amide bonds. The minimum atomic E-state index is -0.305. The van der Waals surface area contributed by atoms with E-state index >= 15 is 0 Å². The smallest absolute Gasteiger partial charge is 0.322 e. The molecule has 118 valence electrons. The van der Waals surface area contributed by atoms with Crippen molar-refractivity contribution >= 4 is 17.9 Å². The van der Waals surface area contributed by atoms with E-state index in [1.165, 1.54) is 7.11 Å². The first kappa shape index (κ1) is 17.1. The van der Waals surface area contributed by atoms with E-state index < -0.39 is 0 Å². The van der Waals surface area contributed by atoms with Crippen molar-refractivity contribution in [3.8, 4) is 0 Å². The van der Waals surface area contributed by atoms with Gasteiger partial charge >= 0.3 is 12.0 Å². The number of rotatable bonds is 7. The van der Waals surface area contributed by atoms with E-state index in [0.29, 0.717) is 12.4 Å². The van der Waals surface area contributed by atoms with Gasteiger partial charge in [-0.2, -0.15) is 0 Å². The summed E-state index contributed by atoms with van der Waals surface area (Å²) in [6.07, 6.45) is 0. The Balaban J connectivity index is 2.43. The van der Waals surface area contributed by atoms with Gasteiger partial charge in [0.1, 0.15) is 0 Å². The molecule has 1 rings (SSSR count). The molecule has 1 N–H and O–H groups in total. The molecule has 1 heterocycles. The Hall–Kier alpha value is -1.96. The van der Waals surface area contributed by atoms with Crippen LogP contribution in [0, 0.1) is 5.92 Å². The number of amides is 1. The van der Waals surface area contributed by atoms with Crippen molar-refractivity contribution < 1.29 is 18.7 Å². The fourth-order valence-electron chi connectivity index (χ4n) is 1.73. The van der Waals surface area contributed by atoms with Crippen LogP contribution in [0.1, 0.15) is 32.6 Å². The highest BCUT2D eigenvalue weighted by Gasteiger charge is 2.18. The summed E-state index contributed by atoms with van der Waals surface area (Å²) in [6.45, 7) is 6.11. The maximum Gasteiger partial charge on any atom is 0.322 e. The molecule has 0 aromatic carbocycles. The van der Waals surface area contributed by atoms with Crippen molar-refractivity contribution in [3.63, 3.8) is 0 Å². The zero-order valence-corrected chi connectivity index (χ0v) is 13.0. The summed E-state index contributed by atoms with van der Waals surface area (Å²) < 4.78 is 9.93. The van der Waals surface area contributed by atoms with Gasteiger partial charge in [-0.05, 0) is 7.05 Å². The molecule has 1 aromatic heterocycles. The van der Waals surface area contributed by atoms with Crippen molar-refractivity contribution in [1.82, 2.24) is 15.1 Å². The van der Waals surface area contributed by atoms with Crippen LogP contribution < -0.4 is 5.32 Å². The molecule has 0 saturated heterocycles. The first-order valence-corrected chi connectivity index (χ1v) is 6.73. The van der Waals surface area contributed by atoms with Gasteiger partial charge in [0.05, 0.1) is 19.6 Å². The first-order valence-electron chi connectivity index (χ1n) is 6.73. The van der Waals surface area contributed by atoms with Gasteiger partial charge in [0.2, 0.25) is 11.8 Å². The van der Waals surface area contributed by atoms with E-state index in [4.69, 9.17) is 4.42 Å². The number of carbonyl (C=O) groups is 2. The monoisotopic (exact) mass is 298 g/mol. The molecule has 1 aromatic rings. The number of hydrogen-bond acceptors (Lipinski definition) is 7. The van der Waals surface area contributed by atoms with Gasteiger partial charge in [-0.1, -0.05) is 25.9 Å². The van der Waals surface area contributed by atoms with Crippen LogP contribution in [-0.4, -0.2) is 54.2 Å². The quantitative estimate of drug-likeness (QED) is 0.746. The molecule has 0 bridgehead atoms. The first-order chi connectivity index (χ1) is 9.83. The van der Waals surface area contributed by atoms with Crippen LogP contribution in [0.2, 0.25) is 0 Å². The van der Waals surface area contributed by atoms with Crippen molar-refractivity contribution in [2.45, 2.75) is 26.7 Å². The Kier molecular flexibility index (Phi) is 6.29. The second kappa shape index (κ2) is 7.72. The number of esters is 1. The highest BCUT2D eigenvalue weighted by atomic mass is 16.5. The molecule has 0 fully saturated rings. The van der Waals surface area contributed by atoms with Crippen LogP contribution in [0.25, 0.3) is 0 Å². The fourth-order valence-corrected chi connectivity index (χ4v) is 1.73. The molecule has 8 heteroatoms. The van der Waals surface area contributed by atoms with E-state index in [-0.39, 0.29) is 36.3 Å². The number of methoxy groups -OCH3 is 1. The average Bonchev–Trinajstić information content (AvgIpc) is 2.85.